The summed E-state index contributed by atoms with van der Waals surface area (Å²) in [6.45, 7) is 2.19. The maximum Gasteiger partial charge on any atom is 0.0794 e. The molecule has 12 heavy (non-hydrogen) atoms. The summed E-state index contributed by atoms with van der Waals surface area (Å²) in [6.07, 6.45) is 6.51. The number of hydrogen-bond donors (Lipinski definition) is 1. The maximum absolute atomic E-state index is 5.93. The Morgan fingerprint density at radius 3 is 3.08 bits per heavy atom. The van der Waals surface area contributed by atoms with Gasteiger partial charge in [0.25, 0.3) is 0 Å². The number of thiazole rings is 1. The third-order valence-corrected chi connectivity index (χ3v) is 2.68. The molecular formula is C9H16N2S. The summed E-state index contributed by atoms with van der Waals surface area (Å²) in [6, 6.07) is 0.324. The molecule has 0 spiro atoms. The van der Waals surface area contributed by atoms with E-state index >= 15 is 0 Å². The minimum absolute atomic E-state index is 0.324. The maximum atomic E-state index is 5.93. The van der Waals surface area contributed by atoms with Gasteiger partial charge in [0, 0.05) is 17.1 Å². The molecule has 1 unspecified atom stereocenters. The highest BCUT2D eigenvalue weighted by Crippen LogP contribution is 2.10. The zero-order valence-electron chi connectivity index (χ0n) is 7.49. The van der Waals surface area contributed by atoms with Gasteiger partial charge in [-0.25, -0.2) is 0 Å². The highest BCUT2D eigenvalue weighted by molar-refractivity contribution is 7.09. The van der Waals surface area contributed by atoms with E-state index in [9.17, 15) is 0 Å². The third-order valence-electron chi connectivity index (χ3n) is 1.88. The van der Waals surface area contributed by atoms with E-state index in [0.29, 0.717) is 6.04 Å². The van der Waals surface area contributed by atoms with Crippen LogP contribution in [-0.2, 0) is 6.42 Å². The summed E-state index contributed by atoms with van der Waals surface area (Å²) >= 11 is 1.69. The number of nitrogens with two attached hydrogens (primary N) is 1. The highest BCUT2D eigenvalue weighted by Gasteiger charge is 2.03. The summed E-state index contributed by atoms with van der Waals surface area (Å²) < 4.78 is 0. The topological polar surface area (TPSA) is 38.9 Å². The van der Waals surface area contributed by atoms with E-state index in [1.165, 1.54) is 17.7 Å². The first kappa shape index (κ1) is 9.68. The first-order valence-corrected chi connectivity index (χ1v) is 5.34. The fourth-order valence-electron chi connectivity index (χ4n) is 1.17. The Balaban J connectivity index is 2.22. The van der Waals surface area contributed by atoms with E-state index in [1.54, 1.807) is 11.3 Å². The molecule has 0 bridgehead atoms. The molecule has 1 heterocycles. The highest BCUT2D eigenvalue weighted by atomic mass is 32.1. The lowest BCUT2D eigenvalue weighted by molar-refractivity contribution is 0.577. The average molecular weight is 184 g/mol. The number of rotatable bonds is 5. The van der Waals surface area contributed by atoms with E-state index in [2.05, 4.69) is 11.9 Å². The van der Waals surface area contributed by atoms with Gasteiger partial charge in [-0.3, -0.25) is 4.98 Å². The molecule has 0 radical (unpaired) electrons. The second kappa shape index (κ2) is 5.27. The molecule has 1 aromatic rings. The average Bonchev–Trinajstić information content (AvgIpc) is 2.53. The molecule has 0 fully saturated rings. The molecule has 0 amide bonds. The van der Waals surface area contributed by atoms with E-state index in [1.807, 2.05) is 11.7 Å². The molecule has 0 saturated heterocycles. The van der Waals surface area contributed by atoms with Crippen LogP contribution in [0.1, 0.15) is 31.1 Å². The van der Waals surface area contributed by atoms with E-state index < -0.39 is 0 Å². The second-order valence-electron chi connectivity index (χ2n) is 3.07. The van der Waals surface area contributed by atoms with Crippen molar-refractivity contribution in [3.63, 3.8) is 0 Å². The standard InChI is InChI=1S/C9H16N2S/c1-2-3-4-8(10)5-9-6-11-7-12-9/h6-8H,2-5,10H2,1H3. The van der Waals surface area contributed by atoms with Crippen LogP contribution >= 0.6 is 11.3 Å². The molecule has 0 aliphatic rings. The Morgan fingerprint density at radius 2 is 2.50 bits per heavy atom. The lowest BCUT2D eigenvalue weighted by Gasteiger charge is -2.07. The first-order valence-electron chi connectivity index (χ1n) is 4.46. The van der Waals surface area contributed by atoms with Gasteiger partial charge < -0.3 is 5.73 Å². The van der Waals surface area contributed by atoms with Gasteiger partial charge in [0.2, 0.25) is 0 Å². The molecule has 0 aromatic carbocycles. The van der Waals surface area contributed by atoms with Crippen molar-refractivity contribution >= 4 is 11.3 Å². The lowest BCUT2D eigenvalue weighted by atomic mass is 10.1. The first-order chi connectivity index (χ1) is 5.83. The second-order valence-corrected chi connectivity index (χ2v) is 4.05. The molecule has 2 nitrogen and oxygen atoms in total. The largest absolute Gasteiger partial charge is 0.327 e. The summed E-state index contributed by atoms with van der Waals surface area (Å²) in [5.74, 6) is 0. The van der Waals surface area contributed by atoms with E-state index in [4.69, 9.17) is 5.73 Å². The van der Waals surface area contributed by atoms with Gasteiger partial charge in [-0.15, -0.1) is 11.3 Å². The third kappa shape index (κ3) is 3.32. The van der Waals surface area contributed by atoms with Crippen LogP contribution in [0.15, 0.2) is 11.7 Å². The minimum atomic E-state index is 0.324. The van der Waals surface area contributed by atoms with E-state index in [0.717, 1.165) is 12.8 Å². The van der Waals surface area contributed by atoms with E-state index in [-0.39, 0.29) is 0 Å². The summed E-state index contributed by atoms with van der Waals surface area (Å²) in [5.41, 5.74) is 7.79. The lowest BCUT2D eigenvalue weighted by Crippen LogP contribution is -2.21. The monoisotopic (exact) mass is 184 g/mol. The summed E-state index contributed by atoms with van der Waals surface area (Å²) in [4.78, 5) is 5.32. The molecular weight excluding hydrogens is 168 g/mol. The number of unbranched alkanes of at least 4 members (excludes halogenated alkanes) is 1. The van der Waals surface area contributed by atoms with Crippen LogP contribution in [0.3, 0.4) is 0 Å². The zero-order chi connectivity index (χ0) is 8.81. The Hall–Kier alpha value is -0.410. The molecule has 2 N–H and O–H groups in total. The van der Waals surface area contributed by atoms with Crippen molar-refractivity contribution in [3.05, 3.63) is 16.6 Å². The molecule has 0 aliphatic heterocycles. The minimum Gasteiger partial charge on any atom is -0.327 e. The fraction of sp³-hybridized carbons (Fsp3) is 0.667. The van der Waals surface area contributed by atoms with Gasteiger partial charge in [-0.1, -0.05) is 19.8 Å². The molecule has 3 heteroatoms. The van der Waals surface area contributed by atoms with Crippen LogP contribution in [0.2, 0.25) is 0 Å². The van der Waals surface area contributed by atoms with Crippen molar-refractivity contribution in [2.45, 2.75) is 38.6 Å². The van der Waals surface area contributed by atoms with Gasteiger partial charge in [-0.2, -0.15) is 0 Å². The van der Waals surface area contributed by atoms with Gasteiger partial charge in [0.1, 0.15) is 0 Å². The van der Waals surface area contributed by atoms with Crippen LogP contribution < -0.4 is 5.73 Å². The zero-order valence-corrected chi connectivity index (χ0v) is 8.31. The molecule has 1 rings (SSSR count). The Kier molecular flexibility index (Phi) is 4.25. The smallest absolute Gasteiger partial charge is 0.0794 e. The quantitative estimate of drug-likeness (QED) is 0.762. The molecule has 1 atom stereocenters. The predicted molar refractivity (Wildman–Crippen MR) is 53.3 cm³/mol. The van der Waals surface area contributed by atoms with Crippen LogP contribution in [0.5, 0.6) is 0 Å². The van der Waals surface area contributed by atoms with Crippen molar-refractivity contribution in [1.82, 2.24) is 4.98 Å². The summed E-state index contributed by atoms with van der Waals surface area (Å²) in [7, 11) is 0. The van der Waals surface area contributed by atoms with Gasteiger partial charge in [0.15, 0.2) is 0 Å². The predicted octanol–water partition coefficient (Wildman–Crippen LogP) is 2.20. The fourth-order valence-corrected chi connectivity index (χ4v) is 1.86. The van der Waals surface area contributed by atoms with Gasteiger partial charge in [-0.05, 0) is 12.8 Å². The molecule has 0 saturated carbocycles. The molecule has 68 valence electrons. The van der Waals surface area contributed by atoms with Gasteiger partial charge >= 0.3 is 0 Å². The summed E-state index contributed by atoms with van der Waals surface area (Å²) in [5, 5.41) is 0. The van der Waals surface area contributed by atoms with Crippen LogP contribution in [0.25, 0.3) is 0 Å². The van der Waals surface area contributed by atoms with Crippen LogP contribution in [0.4, 0.5) is 0 Å². The van der Waals surface area contributed by atoms with Crippen molar-refractivity contribution < 1.29 is 0 Å². The van der Waals surface area contributed by atoms with Crippen LogP contribution in [0, 0.1) is 0 Å². The van der Waals surface area contributed by atoms with Crippen molar-refractivity contribution in [1.29, 1.82) is 0 Å². The number of hydrogen-bond acceptors (Lipinski definition) is 3. The Labute approximate surface area is 77.8 Å². The Morgan fingerprint density at radius 1 is 1.67 bits per heavy atom. The van der Waals surface area contributed by atoms with Crippen molar-refractivity contribution in [2.24, 2.45) is 5.73 Å². The Bertz CT molecular complexity index is 196. The number of nitrogens with zero attached hydrogens (tertiary/aromatic N) is 1. The molecule has 0 aliphatic carbocycles. The van der Waals surface area contributed by atoms with Crippen molar-refractivity contribution in [2.75, 3.05) is 0 Å². The number of aromatic nitrogens is 1. The van der Waals surface area contributed by atoms with Gasteiger partial charge in [0.05, 0.1) is 5.51 Å². The molecule has 1 aromatic heterocycles. The van der Waals surface area contributed by atoms with Crippen molar-refractivity contribution in [3.8, 4) is 0 Å². The normalized spacial score (nSPS) is 13.2. The van der Waals surface area contributed by atoms with Crippen LogP contribution in [-0.4, -0.2) is 11.0 Å². The SMILES string of the molecule is CCCCC(N)Cc1cncs1.